The SMILES string of the molecule is CN(Cc1ccccc1)C(=O)CN1CCCC(O)(Cn2ccnn2)C1. The molecule has 134 valence electrons. The van der Waals surface area contributed by atoms with Gasteiger partial charge in [0.05, 0.1) is 24.9 Å². The molecule has 3 rings (SSSR count). The third kappa shape index (κ3) is 4.87. The lowest BCUT2D eigenvalue weighted by Gasteiger charge is -2.39. The molecule has 0 radical (unpaired) electrons. The van der Waals surface area contributed by atoms with Crippen molar-refractivity contribution in [2.75, 3.05) is 26.7 Å². The van der Waals surface area contributed by atoms with Crippen molar-refractivity contribution >= 4 is 5.91 Å². The Morgan fingerprint density at radius 3 is 2.88 bits per heavy atom. The number of likely N-dealkylation sites (N-methyl/N-ethyl adjacent to an activating group) is 1. The molecule has 1 aromatic carbocycles. The molecule has 1 amide bonds. The Kier molecular flexibility index (Phi) is 5.45. The minimum absolute atomic E-state index is 0.0638. The second-order valence-corrected chi connectivity index (χ2v) is 6.87. The number of carbonyl (C=O) groups excluding carboxylic acids is 1. The predicted octanol–water partition coefficient (Wildman–Crippen LogP) is 0.764. The van der Waals surface area contributed by atoms with E-state index in [0.29, 0.717) is 32.6 Å². The van der Waals surface area contributed by atoms with Gasteiger partial charge in [-0.2, -0.15) is 0 Å². The van der Waals surface area contributed by atoms with Crippen molar-refractivity contribution in [3.63, 3.8) is 0 Å². The summed E-state index contributed by atoms with van der Waals surface area (Å²) in [5, 5.41) is 18.6. The molecule has 7 heteroatoms. The number of aliphatic hydroxyl groups is 1. The molecule has 0 saturated carbocycles. The minimum Gasteiger partial charge on any atom is -0.387 e. The molecular formula is C18H25N5O2. The summed E-state index contributed by atoms with van der Waals surface area (Å²) in [6.45, 7) is 2.61. The summed E-state index contributed by atoms with van der Waals surface area (Å²) in [5.41, 5.74) is 0.240. The van der Waals surface area contributed by atoms with Crippen molar-refractivity contribution in [2.24, 2.45) is 0 Å². The molecular weight excluding hydrogens is 318 g/mol. The molecule has 1 aliphatic heterocycles. The van der Waals surface area contributed by atoms with Gasteiger partial charge >= 0.3 is 0 Å². The monoisotopic (exact) mass is 343 g/mol. The Hall–Kier alpha value is -2.25. The van der Waals surface area contributed by atoms with Crippen LogP contribution in [0, 0.1) is 0 Å². The van der Waals surface area contributed by atoms with Crippen LogP contribution < -0.4 is 0 Å². The predicted molar refractivity (Wildman–Crippen MR) is 93.6 cm³/mol. The van der Waals surface area contributed by atoms with E-state index in [1.165, 1.54) is 0 Å². The van der Waals surface area contributed by atoms with Gasteiger partial charge in [0.1, 0.15) is 0 Å². The first kappa shape index (κ1) is 17.6. The Bertz CT molecular complexity index is 676. The Balaban J connectivity index is 1.53. The van der Waals surface area contributed by atoms with Crippen molar-refractivity contribution in [1.29, 1.82) is 0 Å². The second-order valence-electron chi connectivity index (χ2n) is 6.87. The lowest BCUT2D eigenvalue weighted by Crippen LogP contribution is -2.52. The van der Waals surface area contributed by atoms with Gasteiger partial charge in [-0.25, -0.2) is 4.68 Å². The number of carbonyl (C=O) groups is 1. The number of amides is 1. The van der Waals surface area contributed by atoms with Crippen molar-refractivity contribution in [3.8, 4) is 0 Å². The summed E-state index contributed by atoms with van der Waals surface area (Å²) in [4.78, 5) is 16.3. The van der Waals surface area contributed by atoms with Crippen molar-refractivity contribution in [3.05, 3.63) is 48.3 Å². The molecule has 2 heterocycles. The Morgan fingerprint density at radius 2 is 2.16 bits per heavy atom. The van der Waals surface area contributed by atoms with Gasteiger partial charge in [0.25, 0.3) is 0 Å². The summed E-state index contributed by atoms with van der Waals surface area (Å²) in [6.07, 6.45) is 4.92. The van der Waals surface area contributed by atoms with Gasteiger partial charge in [-0.1, -0.05) is 35.5 Å². The topological polar surface area (TPSA) is 74.5 Å². The van der Waals surface area contributed by atoms with Crippen LogP contribution in [-0.2, 0) is 17.9 Å². The van der Waals surface area contributed by atoms with Crippen LogP contribution in [0.2, 0.25) is 0 Å². The van der Waals surface area contributed by atoms with E-state index in [9.17, 15) is 9.90 Å². The van der Waals surface area contributed by atoms with Gasteiger partial charge in [0.15, 0.2) is 0 Å². The standard InChI is InChI=1S/C18H25N5O2/c1-21(12-16-6-3-2-4-7-16)17(24)13-22-10-5-8-18(25,14-22)15-23-11-9-19-20-23/h2-4,6-7,9,11,25H,5,8,10,12-15H2,1H3. The zero-order valence-electron chi connectivity index (χ0n) is 14.6. The fraction of sp³-hybridized carbons (Fsp3) is 0.500. The summed E-state index contributed by atoms with van der Waals surface area (Å²) in [5.74, 6) is 0.0638. The van der Waals surface area contributed by atoms with E-state index in [-0.39, 0.29) is 5.91 Å². The number of piperidine rings is 1. The fourth-order valence-corrected chi connectivity index (χ4v) is 3.35. The molecule has 1 N–H and O–H groups in total. The van der Waals surface area contributed by atoms with E-state index in [2.05, 4.69) is 10.3 Å². The number of hydrogen-bond acceptors (Lipinski definition) is 5. The van der Waals surface area contributed by atoms with Crippen molar-refractivity contribution in [2.45, 2.75) is 31.5 Å². The number of β-amino-alcohol motifs (C(OH)–C–C–N with tert-alkyl or cyclic N) is 1. The molecule has 1 atom stereocenters. The smallest absolute Gasteiger partial charge is 0.236 e. The summed E-state index contributed by atoms with van der Waals surface area (Å²) in [6, 6.07) is 9.95. The number of nitrogens with zero attached hydrogens (tertiary/aromatic N) is 5. The van der Waals surface area contributed by atoms with Crippen LogP contribution in [0.4, 0.5) is 0 Å². The molecule has 7 nitrogen and oxygen atoms in total. The van der Waals surface area contributed by atoms with E-state index in [1.807, 2.05) is 42.3 Å². The quantitative estimate of drug-likeness (QED) is 0.838. The number of benzene rings is 1. The highest BCUT2D eigenvalue weighted by atomic mass is 16.3. The number of rotatable bonds is 6. The van der Waals surface area contributed by atoms with Crippen LogP contribution in [-0.4, -0.2) is 68.1 Å². The molecule has 1 unspecified atom stereocenters. The molecule has 1 aliphatic rings. The van der Waals surface area contributed by atoms with Crippen molar-refractivity contribution in [1.82, 2.24) is 24.8 Å². The zero-order valence-corrected chi connectivity index (χ0v) is 14.6. The van der Waals surface area contributed by atoms with E-state index in [1.54, 1.807) is 22.0 Å². The third-order valence-electron chi connectivity index (χ3n) is 4.61. The highest BCUT2D eigenvalue weighted by Crippen LogP contribution is 2.22. The highest BCUT2D eigenvalue weighted by molar-refractivity contribution is 5.78. The van der Waals surface area contributed by atoms with E-state index >= 15 is 0 Å². The van der Waals surface area contributed by atoms with Gasteiger partial charge in [-0.3, -0.25) is 9.69 Å². The molecule has 0 bridgehead atoms. The van der Waals surface area contributed by atoms with Crippen LogP contribution in [0.1, 0.15) is 18.4 Å². The summed E-state index contributed by atoms with van der Waals surface area (Å²) >= 11 is 0. The van der Waals surface area contributed by atoms with Crippen LogP contribution in [0.25, 0.3) is 0 Å². The van der Waals surface area contributed by atoms with Gasteiger partial charge < -0.3 is 10.0 Å². The van der Waals surface area contributed by atoms with E-state index in [4.69, 9.17) is 0 Å². The molecule has 1 saturated heterocycles. The Morgan fingerprint density at radius 1 is 1.36 bits per heavy atom. The maximum atomic E-state index is 12.5. The molecule has 25 heavy (non-hydrogen) atoms. The highest BCUT2D eigenvalue weighted by Gasteiger charge is 2.34. The van der Waals surface area contributed by atoms with Gasteiger partial charge in [-0.15, -0.1) is 5.10 Å². The third-order valence-corrected chi connectivity index (χ3v) is 4.61. The first-order valence-corrected chi connectivity index (χ1v) is 8.61. The average molecular weight is 343 g/mol. The van der Waals surface area contributed by atoms with Gasteiger partial charge in [-0.05, 0) is 24.9 Å². The molecule has 0 spiro atoms. The summed E-state index contributed by atoms with van der Waals surface area (Å²) < 4.78 is 1.65. The first-order valence-electron chi connectivity index (χ1n) is 8.61. The van der Waals surface area contributed by atoms with Crippen LogP contribution in [0.3, 0.4) is 0 Å². The van der Waals surface area contributed by atoms with Crippen molar-refractivity contribution < 1.29 is 9.90 Å². The molecule has 0 aliphatic carbocycles. The van der Waals surface area contributed by atoms with Gasteiger partial charge in [0, 0.05) is 26.3 Å². The van der Waals surface area contributed by atoms with Gasteiger partial charge in [0.2, 0.25) is 5.91 Å². The lowest BCUT2D eigenvalue weighted by atomic mass is 9.93. The maximum absolute atomic E-state index is 12.5. The lowest BCUT2D eigenvalue weighted by molar-refractivity contribution is -0.133. The zero-order chi connectivity index (χ0) is 17.7. The largest absolute Gasteiger partial charge is 0.387 e. The molecule has 1 fully saturated rings. The van der Waals surface area contributed by atoms with Crippen LogP contribution in [0.15, 0.2) is 42.7 Å². The maximum Gasteiger partial charge on any atom is 0.236 e. The Labute approximate surface area is 147 Å². The van der Waals surface area contributed by atoms with E-state index in [0.717, 1.165) is 18.5 Å². The van der Waals surface area contributed by atoms with Crippen LogP contribution in [0.5, 0.6) is 0 Å². The normalized spacial score (nSPS) is 21.2. The molecule has 2 aromatic rings. The molecule has 1 aromatic heterocycles. The number of aromatic nitrogens is 3. The van der Waals surface area contributed by atoms with Crippen LogP contribution >= 0.6 is 0 Å². The fourth-order valence-electron chi connectivity index (χ4n) is 3.35. The minimum atomic E-state index is -0.871. The number of hydrogen-bond donors (Lipinski definition) is 1. The average Bonchev–Trinajstić information content (AvgIpc) is 3.08. The second kappa shape index (κ2) is 7.76. The van der Waals surface area contributed by atoms with E-state index < -0.39 is 5.60 Å². The number of likely N-dealkylation sites (tertiary alicyclic amines) is 1. The summed E-state index contributed by atoms with van der Waals surface area (Å²) in [7, 11) is 1.82. The first-order chi connectivity index (χ1) is 12.0.